The van der Waals surface area contributed by atoms with Crippen molar-refractivity contribution < 1.29 is 14.3 Å². The molecule has 1 unspecified atom stereocenters. The Morgan fingerprint density at radius 3 is 2.78 bits per heavy atom. The first kappa shape index (κ1) is 22.0. The number of nitrogens with one attached hydrogen (secondary N) is 1. The molecule has 1 aliphatic heterocycles. The van der Waals surface area contributed by atoms with E-state index in [4.69, 9.17) is 9.47 Å². The number of rotatable bonds is 8. The first-order valence-corrected chi connectivity index (χ1v) is 10.7. The number of amides is 1. The predicted molar refractivity (Wildman–Crippen MR) is 118 cm³/mol. The zero-order valence-electron chi connectivity index (χ0n) is 18.0. The first-order valence-electron chi connectivity index (χ1n) is 10.7. The van der Waals surface area contributed by atoms with Gasteiger partial charge in [-0.3, -0.25) is 14.2 Å². The smallest absolute Gasteiger partial charge is 0.333 e. The topological polar surface area (TPSA) is 109 Å². The van der Waals surface area contributed by atoms with Crippen LogP contribution in [-0.2, 0) is 33.9 Å². The van der Waals surface area contributed by atoms with Gasteiger partial charge in [0.15, 0.2) is 11.2 Å². The second-order valence-corrected chi connectivity index (χ2v) is 7.83. The standard InChI is InChI=1S/C22H27N5O5/c1-31-11-9-25-15-23-20-19(25)21(29)27(13-18(28)24-17-8-5-10-32-14-17)22(30)26(20)12-16-6-3-2-4-7-16/h2-4,6-7,15,17H,5,8-14H2,1H3,(H,24,28). The van der Waals surface area contributed by atoms with Gasteiger partial charge in [-0.1, -0.05) is 30.3 Å². The average molecular weight is 441 g/mol. The Hall–Kier alpha value is -3.24. The van der Waals surface area contributed by atoms with E-state index < -0.39 is 17.2 Å². The van der Waals surface area contributed by atoms with Crippen LogP contribution in [0.4, 0.5) is 0 Å². The van der Waals surface area contributed by atoms with Crippen LogP contribution in [-0.4, -0.2) is 57.6 Å². The lowest BCUT2D eigenvalue weighted by molar-refractivity contribution is -0.123. The van der Waals surface area contributed by atoms with Gasteiger partial charge in [-0.25, -0.2) is 14.3 Å². The number of hydrogen-bond donors (Lipinski definition) is 1. The molecule has 1 saturated heterocycles. The summed E-state index contributed by atoms with van der Waals surface area (Å²) in [5.41, 5.74) is 0.330. The third kappa shape index (κ3) is 4.66. The molecular weight excluding hydrogens is 414 g/mol. The summed E-state index contributed by atoms with van der Waals surface area (Å²) < 4.78 is 14.6. The molecule has 0 spiro atoms. The number of benzene rings is 1. The van der Waals surface area contributed by atoms with Gasteiger partial charge >= 0.3 is 5.69 Å². The lowest BCUT2D eigenvalue weighted by Crippen LogP contribution is -2.47. The lowest BCUT2D eigenvalue weighted by atomic mass is 10.1. The number of hydrogen-bond acceptors (Lipinski definition) is 6. The van der Waals surface area contributed by atoms with Crippen LogP contribution in [0.15, 0.2) is 46.2 Å². The maximum Gasteiger partial charge on any atom is 0.333 e. The highest BCUT2D eigenvalue weighted by atomic mass is 16.5. The van der Waals surface area contributed by atoms with Crippen molar-refractivity contribution in [1.29, 1.82) is 0 Å². The normalized spacial score (nSPS) is 16.3. The third-order valence-electron chi connectivity index (χ3n) is 5.53. The fourth-order valence-electron chi connectivity index (χ4n) is 3.92. The molecule has 0 radical (unpaired) electrons. The summed E-state index contributed by atoms with van der Waals surface area (Å²) in [4.78, 5) is 43.6. The molecule has 32 heavy (non-hydrogen) atoms. The van der Waals surface area contributed by atoms with Crippen molar-refractivity contribution in [1.82, 2.24) is 24.0 Å². The molecular formula is C22H27N5O5. The molecule has 3 aromatic rings. The summed E-state index contributed by atoms with van der Waals surface area (Å²) in [7, 11) is 1.57. The number of carbonyl (C=O) groups excluding carboxylic acids is 1. The van der Waals surface area contributed by atoms with E-state index in [2.05, 4.69) is 10.3 Å². The molecule has 3 heterocycles. The number of methoxy groups -OCH3 is 1. The van der Waals surface area contributed by atoms with E-state index >= 15 is 0 Å². The highest BCUT2D eigenvalue weighted by Gasteiger charge is 2.22. The van der Waals surface area contributed by atoms with Crippen LogP contribution in [0.3, 0.4) is 0 Å². The van der Waals surface area contributed by atoms with E-state index in [1.54, 1.807) is 11.7 Å². The van der Waals surface area contributed by atoms with Gasteiger partial charge in [0.2, 0.25) is 5.91 Å². The molecule has 1 N–H and O–H groups in total. The predicted octanol–water partition coefficient (Wildman–Crippen LogP) is 0.350. The van der Waals surface area contributed by atoms with Crippen LogP contribution in [0.25, 0.3) is 11.2 Å². The second kappa shape index (κ2) is 9.92. The molecule has 1 amide bonds. The van der Waals surface area contributed by atoms with Crippen LogP contribution in [0.1, 0.15) is 18.4 Å². The lowest BCUT2D eigenvalue weighted by Gasteiger charge is -2.23. The highest BCUT2D eigenvalue weighted by molar-refractivity contribution is 5.77. The Morgan fingerprint density at radius 1 is 1.25 bits per heavy atom. The molecule has 0 bridgehead atoms. The van der Waals surface area contributed by atoms with Crippen LogP contribution >= 0.6 is 0 Å². The van der Waals surface area contributed by atoms with Crippen molar-refractivity contribution in [3.63, 3.8) is 0 Å². The Balaban J connectivity index is 1.74. The van der Waals surface area contributed by atoms with Crippen molar-refractivity contribution in [2.24, 2.45) is 0 Å². The maximum absolute atomic E-state index is 13.3. The Bertz CT molecular complexity index is 1190. The fourth-order valence-corrected chi connectivity index (χ4v) is 3.92. The summed E-state index contributed by atoms with van der Waals surface area (Å²) >= 11 is 0. The Labute approximate surface area is 184 Å². The molecule has 10 nitrogen and oxygen atoms in total. The summed E-state index contributed by atoms with van der Waals surface area (Å²) in [5, 5.41) is 2.87. The largest absolute Gasteiger partial charge is 0.383 e. The number of fused-ring (bicyclic) bond motifs is 1. The molecule has 4 rings (SSSR count). The molecule has 2 aromatic heterocycles. The fraction of sp³-hybridized carbons (Fsp3) is 0.455. The van der Waals surface area contributed by atoms with E-state index in [9.17, 15) is 14.4 Å². The SMILES string of the molecule is COCCn1cnc2c1c(=O)n(CC(=O)NC1CCCOC1)c(=O)n2Cc1ccccc1. The van der Waals surface area contributed by atoms with Gasteiger partial charge in [0.25, 0.3) is 5.56 Å². The number of aromatic nitrogens is 4. The van der Waals surface area contributed by atoms with Gasteiger partial charge < -0.3 is 19.4 Å². The van der Waals surface area contributed by atoms with Crippen molar-refractivity contribution in [2.75, 3.05) is 26.9 Å². The van der Waals surface area contributed by atoms with Gasteiger partial charge in [-0.15, -0.1) is 0 Å². The van der Waals surface area contributed by atoms with Crippen LogP contribution in [0.2, 0.25) is 0 Å². The van der Waals surface area contributed by atoms with Gasteiger partial charge in [0.05, 0.1) is 32.1 Å². The zero-order chi connectivity index (χ0) is 22.5. The van der Waals surface area contributed by atoms with Gasteiger partial charge in [-0.2, -0.15) is 0 Å². The van der Waals surface area contributed by atoms with E-state index in [0.29, 0.717) is 26.4 Å². The Morgan fingerprint density at radius 2 is 2.06 bits per heavy atom. The summed E-state index contributed by atoms with van der Waals surface area (Å²) in [5.74, 6) is -0.395. The molecule has 1 atom stereocenters. The van der Waals surface area contributed by atoms with E-state index in [1.807, 2.05) is 30.3 Å². The number of carbonyl (C=O) groups is 1. The third-order valence-corrected chi connectivity index (χ3v) is 5.53. The summed E-state index contributed by atoms with van der Waals surface area (Å²) in [6, 6.07) is 9.32. The van der Waals surface area contributed by atoms with Crippen molar-refractivity contribution in [2.45, 2.75) is 38.5 Å². The zero-order valence-corrected chi connectivity index (χ0v) is 18.0. The molecule has 170 valence electrons. The molecule has 1 fully saturated rings. The highest BCUT2D eigenvalue weighted by Crippen LogP contribution is 2.10. The number of imidazole rings is 1. The summed E-state index contributed by atoms with van der Waals surface area (Å²) in [6.45, 7) is 1.76. The van der Waals surface area contributed by atoms with E-state index in [1.165, 1.54) is 10.9 Å². The minimum absolute atomic E-state index is 0.116. The first-order chi connectivity index (χ1) is 15.6. The maximum atomic E-state index is 13.3. The van der Waals surface area contributed by atoms with Gasteiger partial charge in [0.1, 0.15) is 6.54 Å². The molecule has 0 aliphatic carbocycles. The molecule has 1 aromatic carbocycles. The van der Waals surface area contributed by atoms with E-state index in [0.717, 1.165) is 23.0 Å². The number of nitrogens with zero attached hydrogens (tertiary/aromatic N) is 4. The minimum Gasteiger partial charge on any atom is -0.383 e. The number of ether oxygens (including phenoxy) is 2. The monoisotopic (exact) mass is 441 g/mol. The van der Waals surface area contributed by atoms with Crippen molar-refractivity contribution in [3.8, 4) is 0 Å². The molecule has 1 aliphatic rings. The van der Waals surface area contributed by atoms with Crippen molar-refractivity contribution >= 4 is 17.1 Å². The second-order valence-electron chi connectivity index (χ2n) is 7.83. The van der Waals surface area contributed by atoms with Crippen LogP contribution < -0.4 is 16.6 Å². The Kier molecular flexibility index (Phi) is 6.81. The minimum atomic E-state index is -0.571. The quantitative estimate of drug-likeness (QED) is 0.540. The van der Waals surface area contributed by atoms with E-state index in [-0.39, 0.29) is 30.3 Å². The average Bonchev–Trinajstić information content (AvgIpc) is 3.23. The van der Waals surface area contributed by atoms with Gasteiger partial charge in [-0.05, 0) is 18.4 Å². The summed E-state index contributed by atoms with van der Waals surface area (Å²) in [6.07, 6.45) is 3.19. The van der Waals surface area contributed by atoms with Crippen LogP contribution in [0, 0.1) is 0 Å². The van der Waals surface area contributed by atoms with Gasteiger partial charge in [0, 0.05) is 20.3 Å². The molecule has 10 heteroatoms. The van der Waals surface area contributed by atoms with Crippen molar-refractivity contribution in [3.05, 3.63) is 63.1 Å². The molecule has 0 saturated carbocycles. The van der Waals surface area contributed by atoms with Crippen LogP contribution in [0.5, 0.6) is 0 Å².